The summed E-state index contributed by atoms with van der Waals surface area (Å²) >= 11 is 0. The van der Waals surface area contributed by atoms with Gasteiger partial charge in [-0.25, -0.2) is 0 Å². The zero-order valence-electron chi connectivity index (χ0n) is 11.1. The summed E-state index contributed by atoms with van der Waals surface area (Å²) < 4.78 is 5.47. The monoisotopic (exact) mass is 215 g/mol. The van der Waals surface area contributed by atoms with E-state index in [9.17, 15) is 0 Å². The minimum atomic E-state index is 0.449. The molecule has 0 spiro atoms. The van der Waals surface area contributed by atoms with Crippen LogP contribution < -0.4 is 5.32 Å². The summed E-state index contributed by atoms with van der Waals surface area (Å²) in [5.41, 5.74) is 0.449. The minimum absolute atomic E-state index is 0.449. The first kappa shape index (κ1) is 14.9. The Morgan fingerprint density at radius 3 is 2.20 bits per heavy atom. The lowest BCUT2D eigenvalue weighted by molar-refractivity contribution is 0.0963. The second-order valence-corrected chi connectivity index (χ2v) is 4.33. The molecule has 15 heavy (non-hydrogen) atoms. The Balaban J connectivity index is 3.93. The summed E-state index contributed by atoms with van der Waals surface area (Å²) in [4.78, 5) is 0. The molecule has 0 bridgehead atoms. The third-order valence-electron chi connectivity index (χ3n) is 3.41. The molecule has 0 radical (unpaired) electrons. The van der Waals surface area contributed by atoms with Gasteiger partial charge in [-0.1, -0.05) is 20.8 Å². The normalized spacial score (nSPS) is 12.0. The van der Waals surface area contributed by atoms with Crippen molar-refractivity contribution < 1.29 is 4.74 Å². The van der Waals surface area contributed by atoms with Gasteiger partial charge in [-0.15, -0.1) is 0 Å². The SMILES string of the molecule is CCCNCC(CC)(CC)CCOCC. The van der Waals surface area contributed by atoms with Gasteiger partial charge in [-0.2, -0.15) is 0 Å². The van der Waals surface area contributed by atoms with Gasteiger partial charge in [-0.05, 0) is 44.6 Å². The average Bonchev–Trinajstić information content (AvgIpc) is 2.28. The molecular formula is C13H29NO. The predicted octanol–water partition coefficient (Wildman–Crippen LogP) is 3.22. The maximum absolute atomic E-state index is 5.47. The van der Waals surface area contributed by atoms with E-state index >= 15 is 0 Å². The highest BCUT2D eigenvalue weighted by atomic mass is 16.5. The number of hydrogen-bond donors (Lipinski definition) is 1. The van der Waals surface area contributed by atoms with E-state index in [0.717, 1.165) is 26.3 Å². The van der Waals surface area contributed by atoms with Crippen LogP contribution in [0.2, 0.25) is 0 Å². The van der Waals surface area contributed by atoms with Crippen LogP contribution in [0, 0.1) is 5.41 Å². The average molecular weight is 215 g/mol. The first-order valence-corrected chi connectivity index (χ1v) is 6.53. The summed E-state index contributed by atoms with van der Waals surface area (Å²) in [6.07, 6.45) is 4.89. The van der Waals surface area contributed by atoms with E-state index in [2.05, 4.69) is 33.0 Å². The predicted molar refractivity (Wildman–Crippen MR) is 67.3 cm³/mol. The van der Waals surface area contributed by atoms with Crippen LogP contribution in [0.5, 0.6) is 0 Å². The van der Waals surface area contributed by atoms with E-state index in [4.69, 9.17) is 4.74 Å². The Bertz CT molecular complexity index is 120. The lowest BCUT2D eigenvalue weighted by atomic mass is 9.79. The number of nitrogens with one attached hydrogen (secondary N) is 1. The number of hydrogen-bond acceptors (Lipinski definition) is 2. The summed E-state index contributed by atoms with van der Waals surface area (Å²) in [5.74, 6) is 0. The van der Waals surface area contributed by atoms with Gasteiger partial charge >= 0.3 is 0 Å². The van der Waals surface area contributed by atoms with Gasteiger partial charge in [0.15, 0.2) is 0 Å². The molecule has 0 rings (SSSR count). The van der Waals surface area contributed by atoms with Crippen molar-refractivity contribution >= 4 is 0 Å². The first-order valence-electron chi connectivity index (χ1n) is 6.53. The molecule has 0 amide bonds. The number of ether oxygens (including phenoxy) is 1. The van der Waals surface area contributed by atoms with Crippen molar-refractivity contribution in [1.29, 1.82) is 0 Å². The van der Waals surface area contributed by atoms with Crippen molar-refractivity contribution in [1.82, 2.24) is 5.32 Å². The molecule has 0 unspecified atom stereocenters. The standard InChI is InChI=1S/C13H29NO/c1-5-10-14-12-13(6-2,7-3)9-11-15-8-4/h14H,5-12H2,1-4H3. The summed E-state index contributed by atoms with van der Waals surface area (Å²) in [6.45, 7) is 12.9. The van der Waals surface area contributed by atoms with E-state index in [0.29, 0.717) is 5.41 Å². The molecule has 0 aliphatic heterocycles. The third-order valence-corrected chi connectivity index (χ3v) is 3.41. The summed E-state index contributed by atoms with van der Waals surface area (Å²) in [5, 5.41) is 3.55. The molecule has 0 aliphatic rings. The van der Waals surface area contributed by atoms with Crippen LogP contribution >= 0.6 is 0 Å². The molecule has 0 aromatic heterocycles. The van der Waals surface area contributed by atoms with Crippen molar-refractivity contribution in [3.63, 3.8) is 0 Å². The molecule has 0 aromatic carbocycles. The fourth-order valence-electron chi connectivity index (χ4n) is 1.91. The molecule has 1 N–H and O–H groups in total. The van der Waals surface area contributed by atoms with Crippen molar-refractivity contribution in [2.75, 3.05) is 26.3 Å². The molecule has 2 nitrogen and oxygen atoms in total. The van der Waals surface area contributed by atoms with Gasteiger partial charge in [0.1, 0.15) is 0 Å². The van der Waals surface area contributed by atoms with E-state index in [-0.39, 0.29) is 0 Å². The second kappa shape index (κ2) is 9.17. The van der Waals surface area contributed by atoms with Gasteiger partial charge in [0.2, 0.25) is 0 Å². The highest BCUT2D eigenvalue weighted by molar-refractivity contribution is 4.78. The smallest absolute Gasteiger partial charge is 0.0471 e. The van der Waals surface area contributed by atoms with E-state index in [1.807, 2.05) is 0 Å². The molecule has 0 aromatic rings. The zero-order valence-corrected chi connectivity index (χ0v) is 11.1. The van der Waals surface area contributed by atoms with E-state index in [1.54, 1.807) is 0 Å². The zero-order chi connectivity index (χ0) is 11.6. The maximum atomic E-state index is 5.47. The van der Waals surface area contributed by atoms with Crippen molar-refractivity contribution in [2.24, 2.45) is 5.41 Å². The van der Waals surface area contributed by atoms with Crippen LogP contribution in [0.15, 0.2) is 0 Å². The van der Waals surface area contributed by atoms with Crippen LogP contribution in [-0.2, 0) is 4.74 Å². The lowest BCUT2D eigenvalue weighted by Gasteiger charge is -2.32. The molecule has 2 heteroatoms. The van der Waals surface area contributed by atoms with Gasteiger partial charge < -0.3 is 10.1 Å². The molecule has 92 valence electrons. The van der Waals surface area contributed by atoms with Gasteiger partial charge in [-0.3, -0.25) is 0 Å². The van der Waals surface area contributed by atoms with E-state index < -0.39 is 0 Å². The van der Waals surface area contributed by atoms with Crippen LogP contribution in [-0.4, -0.2) is 26.3 Å². The highest BCUT2D eigenvalue weighted by Crippen LogP contribution is 2.29. The molecular weight excluding hydrogens is 186 g/mol. The summed E-state index contributed by atoms with van der Waals surface area (Å²) in [6, 6.07) is 0. The van der Waals surface area contributed by atoms with Crippen LogP contribution in [0.1, 0.15) is 53.4 Å². The molecule has 0 aliphatic carbocycles. The maximum Gasteiger partial charge on any atom is 0.0471 e. The first-order chi connectivity index (χ1) is 7.24. The molecule has 0 heterocycles. The molecule has 0 atom stereocenters. The number of rotatable bonds is 10. The van der Waals surface area contributed by atoms with Gasteiger partial charge in [0, 0.05) is 19.8 Å². The Labute approximate surface area is 95.8 Å². The van der Waals surface area contributed by atoms with Gasteiger partial charge in [0.05, 0.1) is 0 Å². The van der Waals surface area contributed by atoms with Crippen LogP contribution in [0.25, 0.3) is 0 Å². The fourth-order valence-corrected chi connectivity index (χ4v) is 1.91. The highest BCUT2D eigenvalue weighted by Gasteiger charge is 2.24. The Hall–Kier alpha value is -0.0800. The molecule has 0 saturated heterocycles. The van der Waals surface area contributed by atoms with Crippen LogP contribution in [0.4, 0.5) is 0 Å². The van der Waals surface area contributed by atoms with Crippen molar-refractivity contribution in [3.05, 3.63) is 0 Å². The topological polar surface area (TPSA) is 21.3 Å². The van der Waals surface area contributed by atoms with Crippen molar-refractivity contribution in [2.45, 2.75) is 53.4 Å². The third kappa shape index (κ3) is 6.16. The lowest BCUT2D eigenvalue weighted by Crippen LogP contribution is -2.35. The fraction of sp³-hybridized carbons (Fsp3) is 1.00. The molecule has 0 saturated carbocycles. The van der Waals surface area contributed by atoms with Crippen molar-refractivity contribution in [3.8, 4) is 0 Å². The molecule has 0 fully saturated rings. The van der Waals surface area contributed by atoms with Crippen LogP contribution in [0.3, 0.4) is 0 Å². The van der Waals surface area contributed by atoms with Gasteiger partial charge in [0.25, 0.3) is 0 Å². The Morgan fingerprint density at radius 2 is 1.73 bits per heavy atom. The van der Waals surface area contributed by atoms with E-state index in [1.165, 1.54) is 25.7 Å². The minimum Gasteiger partial charge on any atom is -0.382 e. The largest absolute Gasteiger partial charge is 0.382 e. The Kier molecular flexibility index (Phi) is 9.12. The quantitative estimate of drug-likeness (QED) is 0.565. The summed E-state index contributed by atoms with van der Waals surface area (Å²) in [7, 11) is 0. The second-order valence-electron chi connectivity index (χ2n) is 4.33. The Morgan fingerprint density at radius 1 is 1.07 bits per heavy atom.